The Bertz CT molecular complexity index is 1110. The van der Waals surface area contributed by atoms with E-state index in [2.05, 4.69) is 23.3 Å². The molecule has 0 fully saturated rings. The van der Waals surface area contributed by atoms with Gasteiger partial charge in [0.1, 0.15) is 17.0 Å². The Hall–Kier alpha value is -3.13. The van der Waals surface area contributed by atoms with Crippen LogP contribution in [0.4, 0.5) is 5.82 Å². The number of hydrogen-bond acceptors (Lipinski definition) is 7. The van der Waals surface area contributed by atoms with Crippen LogP contribution in [0.25, 0.3) is 16.2 Å². The number of aryl methyl sites for hydroxylation is 1. The molecule has 0 aliphatic carbocycles. The van der Waals surface area contributed by atoms with E-state index in [0.717, 1.165) is 39.5 Å². The average molecular weight is 379 g/mol. The lowest BCUT2D eigenvalue weighted by atomic mass is 10.2. The Morgan fingerprint density at radius 3 is 2.96 bits per heavy atom. The van der Waals surface area contributed by atoms with Gasteiger partial charge >= 0.3 is 0 Å². The number of fused-ring (bicyclic) bond motifs is 2. The van der Waals surface area contributed by atoms with Crippen LogP contribution < -0.4 is 14.8 Å². The monoisotopic (exact) mass is 379 g/mol. The van der Waals surface area contributed by atoms with Crippen molar-refractivity contribution in [3.8, 4) is 17.4 Å². The Kier molecular flexibility index (Phi) is 3.90. The largest absolute Gasteiger partial charge is 0.454 e. The highest BCUT2D eigenvalue weighted by atomic mass is 32.1. The molecule has 1 N–H and O–H groups in total. The Balaban J connectivity index is 1.50. The van der Waals surface area contributed by atoms with Crippen LogP contribution >= 0.6 is 11.3 Å². The van der Waals surface area contributed by atoms with Gasteiger partial charge < -0.3 is 14.8 Å². The molecule has 27 heavy (non-hydrogen) atoms. The van der Waals surface area contributed by atoms with Crippen LogP contribution in [0.15, 0.2) is 43.0 Å². The van der Waals surface area contributed by atoms with Gasteiger partial charge in [-0.2, -0.15) is 4.98 Å². The Morgan fingerprint density at radius 2 is 2.11 bits per heavy atom. The van der Waals surface area contributed by atoms with Crippen molar-refractivity contribution in [3.05, 3.63) is 53.4 Å². The number of thiophene rings is 1. The second-order valence-corrected chi connectivity index (χ2v) is 7.28. The fourth-order valence-electron chi connectivity index (χ4n) is 3.00. The highest BCUT2D eigenvalue weighted by Crippen LogP contribution is 2.33. The molecule has 4 aromatic rings. The molecule has 0 radical (unpaired) electrons. The first kappa shape index (κ1) is 16.1. The molecule has 4 heterocycles. The summed E-state index contributed by atoms with van der Waals surface area (Å²) in [6, 6.07) is 8.13. The molecular weight excluding hydrogens is 362 g/mol. The maximum absolute atomic E-state index is 5.46. The van der Waals surface area contributed by atoms with Gasteiger partial charge in [0.15, 0.2) is 11.5 Å². The van der Waals surface area contributed by atoms with Gasteiger partial charge in [-0.1, -0.05) is 13.0 Å². The molecular formula is C19H17N5O2S. The van der Waals surface area contributed by atoms with Crippen molar-refractivity contribution in [1.82, 2.24) is 19.5 Å². The topological polar surface area (TPSA) is 74.1 Å². The fourth-order valence-corrected chi connectivity index (χ4v) is 3.96. The van der Waals surface area contributed by atoms with Gasteiger partial charge in [-0.05, 0) is 30.2 Å². The smallest absolute Gasteiger partial charge is 0.238 e. The predicted octanol–water partition coefficient (Wildman–Crippen LogP) is 3.78. The number of aromatic nitrogens is 4. The molecule has 0 atom stereocenters. The highest BCUT2D eigenvalue weighted by molar-refractivity contribution is 7.18. The molecule has 0 amide bonds. The van der Waals surface area contributed by atoms with E-state index in [1.54, 1.807) is 23.9 Å². The summed E-state index contributed by atoms with van der Waals surface area (Å²) >= 11 is 1.70. The quantitative estimate of drug-likeness (QED) is 0.569. The lowest BCUT2D eigenvalue weighted by molar-refractivity contribution is 0.174. The van der Waals surface area contributed by atoms with Gasteiger partial charge in [0, 0.05) is 23.8 Å². The third-order valence-electron chi connectivity index (χ3n) is 4.41. The summed E-state index contributed by atoms with van der Waals surface area (Å²) in [6.45, 7) is 3.06. The van der Waals surface area contributed by atoms with E-state index < -0.39 is 0 Å². The summed E-state index contributed by atoms with van der Waals surface area (Å²) in [7, 11) is 0. The minimum absolute atomic E-state index is 0.279. The zero-order valence-corrected chi connectivity index (χ0v) is 15.5. The number of anilines is 1. The van der Waals surface area contributed by atoms with Crippen LogP contribution in [-0.2, 0) is 13.0 Å². The average Bonchev–Trinajstić information content (AvgIpc) is 3.45. The summed E-state index contributed by atoms with van der Waals surface area (Å²) < 4.78 is 12.7. The van der Waals surface area contributed by atoms with Crippen molar-refractivity contribution in [2.24, 2.45) is 0 Å². The number of imidazole rings is 1. The van der Waals surface area contributed by atoms with Crippen molar-refractivity contribution in [1.29, 1.82) is 0 Å². The number of hydrogen-bond donors (Lipinski definition) is 1. The van der Waals surface area contributed by atoms with Gasteiger partial charge in [-0.25, -0.2) is 9.97 Å². The van der Waals surface area contributed by atoms with Gasteiger partial charge in [-0.15, -0.1) is 11.3 Å². The molecule has 0 saturated carbocycles. The molecule has 0 saturated heterocycles. The normalized spacial score (nSPS) is 12.6. The molecule has 0 bridgehead atoms. The van der Waals surface area contributed by atoms with Crippen LogP contribution in [0.5, 0.6) is 11.5 Å². The maximum atomic E-state index is 5.46. The van der Waals surface area contributed by atoms with Crippen molar-refractivity contribution >= 4 is 27.4 Å². The summed E-state index contributed by atoms with van der Waals surface area (Å²) in [4.78, 5) is 15.8. The first-order chi connectivity index (χ1) is 13.3. The van der Waals surface area contributed by atoms with Crippen LogP contribution in [-0.4, -0.2) is 26.3 Å². The van der Waals surface area contributed by atoms with E-state index in [-0.39, 0.29) is 6.79 Å². The van der Waals surface area contributed by atoms with E-state index in [1.807, 2.05) is 29.0 Å². The summed E-state index contributed by atoms with van der Waals surface area (Å²) in [5, 5.41) is 4.50. The first-order valence-electron chi connectivity index (χ1n) is 8.71. The third kappa shape index (κ3) is 2.97. The summed E-state index contributed by atoms with van der Waals surface area (Å²) in [5.74, 6) is 3.00. The molecule has 0 unspecified atom stereocenters. The molecule has 1 aliphatic heterocycles. The Labute approximate surface area is 159 Å². The van der Waals surface area contributed by atoms with Crippen molar-refractivity contribution < 1.29 is 9.47 Å². The second-order valence-electron chi connectivity index (χ2n) is 6.17. The molecule has 0 spiro atoms. The SMILES string of the molecule is CCc1cc2c(NCc3ccc4c(c3)OCO4)nc(-n3ccnc3)nc2s1. The zero-order chi connectivity index (χ0) is 18.2. The zero-order valence-electron chi connectivity index (χ0n) is 14.7. The van der Waals surface area contributed by atoms with Gasteiger partial charge in [-0.3, -0.25) is 4.57 Å². The molecule has 8 heteroatoms. The van der Waals surface area contributed by atoms with Crippen LogP contribution in [0, 0.1) is 0 Å². The number of nitrogens with one attached hydrogen (secondary N) is 1. The minimum Gasteiger partial charge on any atom is -0.454 e. The number of rotatable bonds is 5. The first-order valence-corrected chi connectivity index (χ1v) is 9.53. The predicted molar refractivity (Wildman–Crippen MR) is 104 cm³/mol. The molecule has 1 aliphatic rings. The van der Waals surface area contributed by atoms with E-state index >= 15 is 0 Å². The standard InChI is InChI=1S/C19H17N5O2S/c1-2-13-8-14-17(21-9-12-3-4-15-16(7-12)26-11-25-15)22-19(23-18(14)27-13)24-6-5-20-10-24/h3-8,10H,2,9,11H2,1H3,(H,21,22,23). The van der Waals surface area contributed by atoms with Gasteiger partial charge in [0.05, 0.1) is 5.39 Å². The van der Waals surface area contributed by atoms with E-state index in [9.17, 15) is 0 Å². The highest BCUT2D eigenvalue weighted by Gasteiger charge is 2.15. The summed E-state index contributed by atoms with van der Waals surface area (Å²) in [5.41, 5.74) is 1.10. The van der Waals surface area contributed by atoms with Gasteiger partial charge in [0.25, 0.3) is 0 Å². The fraction of sp³-hybridized carbons (Fsp3) is 0.211. The number of ether oxygens (including phenoxy) is 2. The van der Waals surface area contributed by atoms with E-state index in [4.69, 9.17) is 19.4 Å². The minimum atomic E-state index is 0.279. The number of nitrogens with zero attached hydrogens (tertiary/aromatic N) is 4. The number of benzene rings is 1. The van der Waals surface area contributed by atoms with Crippen LogP contribution in [0.3, 0.4) is 0 Å². The van der Waals surface area contributed by atoms with Gasteiger partial charge in [0.2, 0.25) is 12.7 Å². The summed E-state index contributed by atoms with van der Waals surface area (Å²) in [6.07, 6.45) is 6.25. The molecule has 3 aromatic heterocycles. The third-order valence-corrected chi connectivity index (χ3v) is 5.59. The van der Waals surface area contributed by atoms with E-state index in [0.29, 0.717) is 12.5 Å². The maximum Gasteiger partial charge on any atom is 0.238 e. The lowest BCUT2D eigenvalue weighted by Crippen LogP contribution is -2.06. The van der Waals surface area contributed by atoms with Crippen LogP contribution in [0.1, 0.15) is 17.4 Å². The van der Waals surface area contributed by atoms with Crippen molar-refractivity contribution in [2.75, 3.05) is 12.1 Å². The Morgan fingerprint density at radius 1 is 1.19 bits per heavy atom. The van der Waals surface area contributed by atoms with Crippen molar-refractivity contribution in [2.45, 2.75) is 19.9 Å². The molecule has 7 nitrogen and oxygen atoms in total. The van der Waals surface area contributed by atoms with Crippen molar-refractivity contribution in [3.63, 3.8) is 0 Å². The van der Waals surface area contributed by atoms with E-state index in [1.165, 1.54) is 4.88 Å². The second kappa shape index (κ2) is 6.55. The molecule has 5 rings (SSSR count). The molecule has 1 aromatic carbocycles. The van der Waals surface area contributed by atoms with Crippen LogP contribution in [0.2, 0.25) is 0 Å². The lowest BCUT2D eigenvalue weighted by Gasteiger charge is -2.09. The molecule has 136 valence electrons.